The van der Waals surface area contributed by atoms with Gasteiger partial charge in [0, 0.05) is 66.8 Å². The minimum Gasteiger partial charge on any atom is -0.509 e. The van der Waals surface area contributed by atoms with Gasteiger partial charge in [0.05, 0.1) is 0 Å². The van der Waals surface area contributed by atoms with Crippen molar-refractivity contribution in [3.8, 4) is 17.3 Å². The van der Waals surface area contributed by atoms with Gasteiger partial charge in [0.25, 0.3) is 0 Å². The SMILES string of the molecule is CC(C)(C)c1cc(N2[CH-]N(c3[c-]c(Oc4[c-]c5c(cc4)c4cc(C(C)(C)C)ccc4n5-c4cc(C(C)(C)C)ccn4)ccc3)c3cccc(C(C)(C)c4ccccc4)c32)cc(C(C)(C)C)c1.[Pt]. The summed E-state index contributed by atoms with van der Waals surface area (Å²) in [5.41, 5.74) is 13.4. The average Bonchev–Trinajstić information content (AvgIpc) is 3.81. The maximum atomic E-state index is 6.77. The van der Waals surface area contributed by atoms with E-state index in [0.29, 0.717) is 11.5 Å². The van der Waals surface area contributed by atoms with Crippen LogP contribution in [0.1, 0.15) is 130 Å². The number of hydrogen-bond donors (Lipinski definition) is 0. The van der Waals surface area contributed by atoms with Crippen molar-refractivity contribution in [2.75, 3.05) is 9.80 Å². The molecule has 1 aliphatic rings. The first-order chi connectivity index (χ1) is 31.0. The first kappa shape index (κ1) is 47.8. The van der Waals surface area contributed by atoms with E-state index in [0.717, 1.165) is 45.0 Å². The summed E-state index contributed by atoms with van der Waals surface area (Å²) in [6, 6.07) is 53.6. The fourth-order valence-corrected chi connectivity index (χ4v) is 9.18. The van der Waals surface area contributed by atoms with Crippen LogP contribution in [-0.4, -0.2) is 9.55 Å². The average molecular weight is 1070 g/mol. The Morgan fingerprint density at radius 1 is 0.507 bits per heavy atom. The molecule has 2 aromatic heterocycles. The summed E-state index contributed by atoms with van der Waals surface area (Å²) >= 11 is 0. The molecule has 0 atom stereocenters. The van der Waals surface area contributed by atoms with E-state index in [2.05, 4.69) is 245 Å². The molecule has 5 nitrogen and oxygen atoms in total. The number of nitrogens with zero attached hydrogens (tertiary/aromatic N) is 4. The number of benzene rings is 6. The zero-order chi connectivity index (χ0) is 47.1. The molecule has 0 amide bonds. The molecule has 67 heavy (non-hydrogen) atoms. The Hall–Kier alpha value is -5.64. The van der Waals surface area contributed by atoms with E-state index < -0.39 is 0 Å². The van der Waals surface area contributed by atoms with E-state index >= 15 is 0 Å². The molecule has 0 unspecified atom stereocenters. The Morgan fingerprint density at radius 3 is 1.79 bits per heavy atom. The predicted molar refractivity (Wildman–Crippen MR) is 278 cm³/mol. The Balaban J connectivity index is 0.00000608. The number of hydrogen-bond acceptors (Lipinski definition) is 4. The van der Waals surface area contributed by atoms with Gasteiger partial charge >= 0.3 is 0 Å². The van der Waals surface area contributed by atoms with Gasteiger partial charge in [0.15, 0.2) is 0 Å². The van der Waals surface area contributed by atoms with E-state index in [1.54, 1.807) is 0 Å². The van der Waals surface area contributed by atoms with Crippen molar-refractivity contribution in [3.05, 3.63) is 186 Å². The van der Waals surface area contributed by atoms with Crippen molar-refractivity contribution in [1.29, 1.82) is 0 Å². The van der Waals surface area contributed by atoms with E-state index in [4.69, 9.17) is 9.72 Å². The van der Waals surface area contributed by atoms with E-state index in [1.165, 1.54) is 38.8 Å². The number of fused-ring (bicyclic) bond motifs is 4. The van der Waals surface area contributed by atoms with Crippen LogP contribution < -0.4 is 14.5 Å². The number of para-hydroxylation sites is 1. The summed E-state index contributed by atoms with van der Waals surface area (Å²) in [6.07, 6.45) is 1.92. The van der Waals surface area contributed by atoms with Crippen LogP contribution in [0.15, 0.2) is 134 Å². The van der Waals surface area contributed by atoms with Crippen molar-refractivity contribution in [1.82, 2.24) is 9.55 Å². The van der Waals surface area contributed by atoms with Gasteiger partial charge in [0.1, 0.15) is 5.82 Å². The maximum Gasteiger partial charge on any atom is 0.135 e. The van der Waals surface area contributed by atoms with E-state index in [1.807, 2.05) is 18.3 Å². The standard InChI is InChI=1S/C61H65N4O.Pt/c1-57(2,3)41-26-29-52-50(35-41)49-28-27-48(38-54(49)65(52)55-36-42(30-31-62-55)58(4,5)6)66-47-23-18-22-45(37-47)63-39-64(46-33-43(59(7,8)9)32-44(34-46)60(10,11)12)56-51(24-19-25-53(56)63)61(13,14)40-20-16-15-17-21-40;/h15-36,39H,1-14H3;/q-3;. The summed E-state index contributed by atoms with van der Waals surface area (Å²) < 4.78 is 9.01. The second-order valence-corrected chi connectivity index (χ2v) is 22.8. The molecule has 9 rings (SSSR count). The van der Waals surface area contributed by atoms with E-state index in [-0.39, 0.29) is 48.1 Å². The van der Waals surface area contributed by atoms with Gasteiger partial charge in [-0.15, -0.1) is 48.1 Å². The minimum atomic E-state index is -0.299. The summed E-state index contributed by atoms with van der Waals surface area (Å²) in [7, 11) is 0. The number of aromatic nitrogens is 2. The monoisotopic (exact) mass is 1060 g/mol. The Labute approximate surface area is 414 Å². The second-order valence-electron chi connectivity index (χ2n) is 22.8. The van der Waals surface area contributed by atoms with Crippen molar-refractivity contribution in [2.24, 2.45) is 0 Å². The molecule has 6 heteroatoms. The van der Waals surface area contributed by atoms with Gasteiger partial charge in [-0.25, -0.2) is 4.98 Å². The molecule has 0 saturated carbocycles. The van der Waals surface area contributed by atoms with Crippen LogP contribution in [0.25, 0.3) is 27.6 Å². The number of anilines is 4. The molecule has 0 fully saturated rings. The van der Waals surface area contributed by atoms with Gasteiger partial charge in [-0.05, 0) is 96.8 Å². The zero-order valence-electron chi connectivity index (χ0n) is 41.8. The van der Waals surface area contributed by atoms with Gasteiger partial charge in [-0.2, -0.15) is 12.1 Å². The van der Waals surface area contributed by atoms with Crippen LogP contribution in [-0.2, 0) is 48.1 Å². The molecule has 0 spiro atoms. The molecule has 0 aliphatic carbocycles. The van der Waals surface area contributed by atoms with Crippen molar-refractivity contribution < 1.29 is 25.8 Å². The molecular weight excluding hydrogens is 1000 g/mol. The predicted octanol–water partition coefficient (Wildman–Crippen LogP) is 16.5. The van der Waals surface area contributed by atoms with Gasteiger partial charge in [-0.1, -0.05) is 163 Å². The Kier molecular flexibility index (Phi) is 12.2. The number of pyridine rings is 1. The van der Waals surface area contributed by atoms with Crippen LogP contribution in [0.3, 0.4) is 0 Å². The van der Waals surface area contributed by atoms with Crippen molar-refractivity contribution >= 4 is 44.6 Å². The summed E-state index contributed by atoms with van der Waals surface area (Å²) in [6.45, 7) is 34.2. The van der Waals surface area contributed by atoms with Crippen LogP contribution in [0, 0.1) is 18.8 Å². The zero-order valence-corrected chi connectivity index (χ0v) is 44.1. The summed E-state index contributed by atoms with van der Waals surface area (Å²) in [5.74, 6) is 2.07. The van der Waals surface area contributed by atoms with Gasteiger partial charge in [0.2, 0.25) is 0 Å². The molecule has 0 saturated heterocycles. The van der Waals surface area contributed by atoms with Crippen molar-refractivity contribution in [3.63, 3.8) is 0 Å². The maximum absolute atomic E-state index is 6.77. The summed E-state index contributed by atoms with van der Waals surface area (Å²) in [4.78, 5) is 9.60. The van der Waals surface area contributed by atoms with Crippen LogP contribution in [0.4, 0.5) is 22.7 Å². The molecule has 348 valence electrons. The molecular formula is C61H65N4OPt-3. The first-order valence-corrected chi connectivity index (χ1v) is 23.5. The third kappa shape index (κ3) is 9.09. The third-order valence-corrected chi connectivity index (χ3v) is 13.4. The molecule has 0 bridgehead atoms. The molecule has 8 aromatic rings. The smallest absolute Gasteiger partial charge is 0.135 e. The van der Waals surface area contributed by atoms with Crippen LogP contribution >= 0.6 is 0 Å². The fraction of sp³-hybridized carbons (Fsp3) is 0.311. The largest absolute Gasteiger partial charge is 0.509 e. The third-order valence-electron chi connectivity index (χ3n) is 13.4. The van der Waals surface area contributed by atoms with Gasteiger partial charge in [-0.3, -0.25) is 0 Å². The van der Waals surface area contributed by atoms with Gasteiger partial charge < -0.3 is 19.1 Å². The molecule has 0 N–H and O–H groups in total. The molecule has 1 aliphatic heterocycles. The normalized spacial score (nSPS) is 13.6. The summed E-state index contributed by atoms with van der Waals surface area (Å²) in [5, 5.41) is 2.27. The Bertz CT molecular complexity index is 3080. The van der Waals surface area contributed by atoms with Crippen LogP contribution in [0.5, 0.6) is 11.5 Å². The quantitative estimate of drug-likeness (QED) is 0.149. The Morgan fingerprint density at radius 2 is 1.13 bits per heavy atom. The molecule has 3 heterocycles. The fourth-order valence-electron chi connectivity index (χ4n) is 9.18. The minimum absolute atomic E-state index is 0. The topological polar surface area (TPSA) is 33.5 Å². The van der Waals surface area contributed by atoms with Crippen LogP contribution in [0.2, 0.25) is 0 Å². The molecule has 0 radical (unpaired) electrons. The number of ether oxygens (including phenoxy) is 1. The van der Waals surface area contributed by atoms with Crippen molar-refractivity contribution in [2.45, 2.75) is 124 Å². The second kappa shape index (κ2) is 17.1. The van der Waals surface area contributed by atoms with E-state index in [9.17, 15) is 0 Å². The first-order valence-electron chi connectivity index (χ1n) is 23.5. The molecule has 6 aromatic carbocycles. The number of rotatable bonds is 7.